The Kier molecular flexibility index (Phi) is 4.60. The van der Waals surface area contributed by atoms with Crippen molar-refractivity contribution in [2.75, 3.05) is 13.2 Å². The van der Waals surface area contributed by atoms with Gasteiger partial charge in [0, 0.05) is 17.5 Å². The third kappa shape index (κ3) is 3.15. The number of benzene rings is 2. The Labute approximate surface area is 140 Å². The molecule has 2 aromatic rings. The van der Waals surface area contributed by atoms with Gasteiger partial charge in [-0.15, -0.1) is 0 Å². The summed E-state index contributed by atoms with van der Waals surface area (Å²) in [4.78, 5) is 11.9. The molecule has 1 aliphatic heterocycles. The molecule has 3 rings (SSSR count). The van der Waals surface area contributed by atoms with Crippen molar-refractivity contribution in [3.8, 4) is 23.0 Å². The van der Waals surface area contributed by atoms with Gasteiger partial charge in [-0.3, -0.25) is 4.79 Å². The van der Waals surface area contributed by atoms with Gasteiger partial charge in [0.15, 0.2) is 11.5 Å². The average molecular weight is 328 g/mol. The number of hydrogen-bond acceptors (Lipinski definition) is 5. The van der Waals surface area contributed by atoms with Gasteiger partial charge in [-0.2, -0.15) is 0 Å². The van der Waals surface area contributed by atoms with Crippen LogP contribution in [-0.2, 0) is 4.79 Å². The van der Waals surface area contributed by atoms with Gasteiger partial charge in [-0.1, -0.05) is 12.1 Å². The zero-order valence-corrected chi connectivity index (χ0v) is 13.7. The molecule has 1 aliphatic rings. The third-order valence-corrected chi connectivity index (χ3v) is 3.94. The van der Waals surface area contributed by atoms with E-state index in [-0.39, 0.29) is 24.1 Å². The molecule has 1 heterocycles. The lowest BCUT2D eigenvalue weighted by Crippen LogP contribution is -2.21. The van der Waals surface area contributed by atoms with Gasteiger partial charge in [-0.25, -0.2) is 0 Å². The van der Waals surface area contributed by atoms with Gasteiger partial charge in [0.1, 0.15) is 11.5 Å². The standard InChI is InChI=1S/C19H20O5/c1-3-22-16-8-5-12(9-18(16)23-4-2)15-11-19(21)24-17-10-13(20)6-7-14(15)17/h5-10,15,20H,3-4,11H2,1-2H3. The number of hydrogen-bond donors (Lipinski definition) is 1. The zero-order chi connectivity index (χ0) is 17.1. The minimum atomic E-state index is -0.315. The van der Waals surface area contributed by atoms with E-state index in [4.69, 9.17) is 14.2 Å². The molecule has 0 spiro atoms. The van der Waals surface area contributed by atoms with Crippen molar-refractivity contribution >= 4 is 5.97 Å². The summed E-state index contributed by atoms with van der Waals surface area (Å²) >= 11 is 0. The molecule has 0 amide bonds. The molecule has 1 N–H and O–H groups in total. The fraction of sp³-hybridized carbons (Fsp3) is 0.316. The van der Waals surface area contributed by atoms with Crippen LogP contribution in [0.1, 0.15) is 37.3 Å². The van der Waals surface area contributed by atoms with E-state index in [2.05, 4.69) is 0 Å². The Morgan fingerprint density at radius 3 is 2.58 bits per heavy atom. The summed E-state index contributed by atoms with van der Waals surface area (Å²) in [6, 6.07) is 10.6. The van der Waals surface area contributed by atoms with Crippen LogP contribution in [0.5, 0.6) is 23.0 Å². The number of carbonyl (C=O) groups excluding carboxylic acids is 1. The summed E-state index contributed by atoms with van der Waals surface area (Å²) in [7, 11) is 0. The first kappa shape index (κ1) is 16.2. The molecule has 0 bridgehead atoms. The van der Waals surface area contributed by atoms with Crippen LogP contribution < -0.4 is 14.2 Å². The fourth-order valence-corrected chi connectivity index (χ4v) is 2.92. The Balaban J connectivity index is 2.02. The summed E-state index contributed by atoms with van der Waals surface area (Å²) in [6.45, 7) is 4.92. The van der Waals surface area contributed by atoms with E-state index in [9.17, 15) is 9.90 Å². The Morgan fingerprint density at radius 2 is 1.83 bits per heavy atom. The maximum absolute atomic E-state index is 11.9. The maximum atomic E-state index is 11.9. The van der Waals surface area contributed by atoms with Crippen molar-refractivity contribution in [2.24, 2.45) is 0 Å². The minimum absolute atomic E-state index is 0.0731. The number of phenols is 1. The predicted octanol–water partition coefficient (Wildman–Crippen LogP) is 3.63. The summed E-state index contributed by atoms with van der Waals surface area (Å²) < 4.78 is 16.5. The lowest BCUT2D eigenvalue weighted by Gasteiger charge is -2.25. The number of carbonyl (C=O) groups is 1. The molecule has 0 saturated carbocycles. The third-order valence-electron chi connectivity index (χ3n) is 3.94. The highest BCUT2D eigenvalue weighted by atomic mass is 16.5. The smallest absolute Gasteiger partial charge is 0.312 e. The van der Waals surface area contributed by atoms with Gasteiger partial charge >= 0.3 is 5.97 Å². The number of phenolic OH excluding ortho intramolecular Hbond substituents is 1. The SMILES string of the molecule is CCOc1ccc(C2CC(=O)Oc3cc(O)ccc32)cc1OCC. The normalized spacial score (nSPS) is 16.2. The topological polar surface area (TPSA) is 65.0 Å². The number of ether oxygens (including phenoxy) is 3. The second kappa shape index (κ2) is 6.83. The molecule has 126 valence electrons. The summed E-state index contributed by atoms with van der Waals surface area (Å²) in [5.74, 6) is 1.37. The molecule has 2 aromatic carbocycles. The van der Waals surface area contributed by atoms with Crippen LogP contribution in [0.4, 0.5) is 0 Å². The Bertz CT molecular complexity index is 753. The minimum Gasteiger partial charge on any atom is -0.508 e. The van der Waals surface area contributed by atoms with Crippen molar-refractivity contribution in [1.29, 1.82) is 0 Å². The molecule has 5 heteroatoms. The van der Waals surface area contributed by atoms with Gasteiger partial charge in [0.2, 0.25) is 0 Å². The van der Waals surface area contributed by atoms with Crippen molar-refractivity contribution < 1.29 is 24.1 Å². The first-order valence-corrected chi connectivity index (χ1v) is 8.05. The average Bonchev–Trinajstić information content (AvgIpc) is 2.55. The fourth-order valence-electron chi connectivity index (χ4n) is 2.92. The van der Waals surface area contributed by atoms with Crippen LogP contribution >= 0.6 is 0 Å². The quantitative estimate of drug-likeness (QED) is 0.671. The van der Waals surface area contributed by atoms with E-state index in [0.717, 1.165) is 11.1 Å². The molecular formula is C19H20O5. The molecule has 24 heavy (non-hydrogen) atoms. The van der Waals surface area contributed by atoms with E-state index in [1.54, 1.807) is 12.1 Å². The van der Waals surface area contributed by atoms with Crippen molar-refractivity contribution in [2.45, 2.75) is 26.2 Å². The largest absolute Gasteiger partial charge is 0.508 e. The first-order valence-electron chi connectivity index (χ1n) is 8.05. The van der Waals surface area contributed by atoms with Crippen LogP contribution in [0.2, 0.25) is 0 Å². The van der Waals surface area contributed by atoms with E-state index in [1.165, 1.54) is 6.07 Å². The van der Waals surface area contributed by atoms with Crippen LogP contribution in [-0.4, -0.2) is 24.3 Å². The second-order valence-corrected chi connectivity index (χ2v) is 5.53. The highest BCUT2D eigenvalue weighted by Gasteiger charge is 2.29. The lowest BCUT2D eigenvalue weighted by atomic mass is 9.86. The Hall–Kier alpha value is -2.69. The molecule has 0 fully saturated rings. The van der Waals surface area contributed by atoms with Gasteiger partial charge < -0.3 is 19.3 Å². The summed E-state index contributed by atoms with van der Waals surface area (Å²) in [6.07, 6.45) is 0.247. The van der Waals surface area contributed by atoms with Crippen molar-refractivity contribution in [1.82, 2.24) is 0 Å². The van der Waals surface area contributed by atoms with Crippen LogP contribution in [0, 0.1) is 0 Å². The monoisotopic (exact) mass is 328 g/mol. The Morgan fingerprint density at radius 1 is 1.08 bits per heavy atom. The van der Waals surface area contributed by atoms with E-state index >= 15 is 0 Å². The maximum Gasteiger partial charge on any atom is 0.312 e. The van der Waals surface area contributed by atoms with Gasteiger partial charge in [0.25, 0.3) is 0 Å². The van der Waals surface area contributed by atoms with Gasteiger partial charge in [0.05, 0.1) is 19.6 Å². The molecule has 1 unspecified atom stereocenters. The first-order chi connectivity index (χ1) is 11.6. The molecule has 0 aliphatic carbocycles. The molecule has 0 saturated heterocycles. The lowest BCUT2D eigenvalue weighted by molar-refractivity contribution is -0.135. The predicted molar refractivity (Wildman–Crippen MR) is 89.0 cm³/mol. The van der Waals surface area contributed by atoms with E-state index in [0.29, 0.717) is 30.5 Å². The zero-order valence-electron chi connectivity index (χ0n) is 13.7. The summed E-state index contributed by atoms with van der Waals surface area (Å²) in [5.41, 5.74) is 1.82. The number of esters is 1. The van der Waals surface area contributed by atoms with Crippen LogP contribution in [0.25, 0.3) is 0 Å². The van der Waals surface area contributed by atoms with Crippen LogP contribution in [0.15, 0.2) is 36.4 Å². The van der Waals surface area contributed by atoms with Crippen LogP contribution in [0.3, 0.4) is 0 Å². The van der Waals surface area contributed by atoms with Gasteiger partial charge in [-0.05, 0) is 37.6 Å². The molecule has 0 radical (unpaired) electrons. The van der Waals surface area contributed by atoms with E-state index in [1.807, 2.05) is 32.0 Å². The van der Waals surface area contributed by atoms with Crippen molar-refractivity contribution in [3.63, 3.8) is 0 Å². The highest BCUT2D eigenvalue weighted by molar-refractivity contribution is 5.78. The summed E-state index contributed by atoms with van der Waals surface area (Å²) in [5, 5.41) is 9.61. The van der Waals surface area contributed by atoms with E-state index < -0.39 is 0 Å². The number of aromatic hydroxyl groups is 1. The molecule has 5 nitrogen and oxygen atoms in total. The molecular weight excluding hydrogens is 308 g/mol. The second-order valence-electron chi connectivity index (χ2n) is 5.53. The van der Waals surface area contributed by atoms with Crippen molar-refractivity contribution in [3.05, 3.63) is 47.5 Å². The highest BCUT2D eigenvalue weighted by Crippen LogP contribution is 2.42. The molecule has 0 aromatic heterocycles. The molecule has 1 atom stereocenters. The number of rotatable bonds is 5. The number of fused-ring (bicyclic) bond motifs is 1.